The first-order valence-electron chi connectivity index (χ1n) is 6.90. The zero-order chi connectivity index (χ0) is 16.0. The molecule has 0 aromatic carbocycles. The summed E-state index contributed by atoms with van der Waals surface area (Å²) in [6, 6.07) is 0. The average Bonchev–Trinajstić information content (AvgIpc) is 2.64. The van der Waals surface area contributed by atoms with E-state index in [-0.39, 0.29) is 16.7 Å². The Bertz CT molecular complexity index is 502. The van der Waals surface area contributed by atoms with E-state index in [2.05, 4.69) is 4.74 Å². The summed E-state index contributed by atoms with van der Waals surface area (Å²) >= 11 is 0. The van der Waals surface area contributed by atoms with Crippen molar-refractivity contribution in [3.8, 4) is 0 Å². The third-order valence-electron chi connectivity index (χ3n) is 3.40. The summed E-state index contributed by atoms with van der Waals surface area (Å²) in [5, 5.41) is 10.2. The lowest BCUT2D eigenvalue weighted by Gasteiger charge is -2.15. The fourth-order valence-corrected chi connectivity index (χ4v) is 2.98. The molecule has 0 heterocycles. The highest BCUT2D eigenvalue weighted by atomic mass is 32.2. The SMILES string of the molecule is COC(=O)CCCCCC=C1C(=O)C(S(C)=O)=CC1(C)O. The third kappa shape index (κ3) is 4.89. The Balaban J connectivity index is 2.49. The molecule has 0 fully saturated rings. The van der Waals surface area contributed by atoms with Crippen LogP contribution >= 0.6 is 0 Å². The zero-order valence-electron chi connectivity index (χ0n) is 12.7. The molecule has 118 valence electrons. The van der Waals surface area contributed by atoms with E-state index in [1.807, 2.05) is 0 Å². The molecule has 6 heteroatoms. The normalized spacial score (nSPS) is 25.0. The van der Waals surface area contributed by atoms with Gasteiger partial charge in [-0.05, 0) is 32.3 Å². The molecule has 0 radical (unpaired) electrons. The molecule has 0 spiro atoms. The van der Waals surface area contributed by atoms with Crippen molar-refractivity contribution in [1.82, 2.24) is 0 Å². The molecule has 1 aliphatic carbocycles. The van der Waals surface area contributed by atoms with Crippen LogP contribution in [-0.2, 0) is 25.1 Å². The Morgan fingerprint density at radius 1 is 1.43 bits per heavy atom. The second kappa shape index (κ2) is 7.66. The number of allylic oxidation sites excluding steroid dienone is 2. The quantitative estimate of drug-likeness (QED) is 0.439. The van der Waals surface area contributed by atoms with E-state index >= 15 is 0 Å². The molecule has 0 aliphatic heterocycles. The van der Waals surface area contributed by atoms with Crippen LogP contribution < -0.4 is 0 Å². The lowest BCUT2D eigenvalue weighted by atomic mass is 9.97. The number of aliphatic hydroxyl groups is 1. The molecule has 0 saturated heterocycles. The molecule has 0 aromatic rings. The Morgan fingerprint density at radius 3 is 2.62 bits per heavy atom. The highest BCUT2D eigenvalue weighted by molar-refractivity contribution is 7.89. The summed E-state index contributed by atoms with van der Waals surface area (Å²) in [6.45, 7) is 1.52. The number of carbonyl (C=O) groups is 2. The number of rotatable bonds is 7. The summed E-state index contributed by atoms with van der Waals surface area (Å²) in [5.41, 5.74) is -1.05. The van der Waals surface area contributed by atoms with E-state index in [9.17, 15) is 18.9 Å². The van der Waals surface area contributed by atoms with Gasteiger partial charge in [0.15, 0.2) is 0 Å². The van der Waals surface area contributed by atoms with Crippen LogP contribution in [0.25, 0.3) is 0 Å². The van der Waals surface area contributed by atoms with Gasteiger partial charge in [-0.15, -0.1) is 0 Å². The van der Waals surface area contributed by atoms with Crippen molar-refractivity contribution >= 4 is 22.6 Å². The van der Waals surface area contributed by atoms with Crippen molar-refractivity contribution in [3.63, 3.8) is 0 Å². The fraction of sp³-hybridized carbons (Fsp3) is 0.600. The van der Waals surface area contributed by atoms with Gasteiger partial charge in [-0.1, -0.05) is 12.5 Å². The Kier molecular flexibility index (Phi) is 6.48. The number of hydrogen-bond acceptors (Lipinski definition) is 5. The molecule has 0 bridgehead atoms. The lowest BCUT2D eigenvalue weighted by molar-refractivity contribution is -0.140. The summed E-state index contributed by atoms with van der Waals surface area (Å²) < 4.78 is 16.0. The van der Waals surface area contributed by atoms with Crippen molar-refractivity contribution in [3.05, 3.63) is 22.6 Å². The fourth-order valence-electron chi connectivity index (χ4n) is 2.21. The number of unbranched alkanes of at least 4 members (excludes halogenated alkanes) is 3. The van der Waals surface area contributed by atoms with Gasteiger partial charge >= 0.3 is 5.97 Å². The maximum atomic E-state index is 12.1. The Labute approximate surface area is 127 Å². The lowest BCUT2D eigenvalue weighted by Crippen LogP contribution is -2.23. The number of ether oxygens (including phenoxy) is 1. The standard InChI is InChI=1S/C15H22O5S/c1-15(18)10-12(21(3)19)14(17)11(15)8-6-4-5-7-9-13(16)20-2/h8,10,18H,4-7,9H2,1-3H3. The van der Waals surface area contributed by atoms with Crippen LogP contribution in [0.1, 0.15) is 39.0 Å². The van der Waals surface area contributed by atoms with Gasteiger partial charge in [0.1, 0.15) is 5.60 Å². The van der Waals surface area contributed by atoms with Gasteiger partial charge in [-0.25, -0.2) is 0 Å². The van der Waals surface area contributed by atoms with E-state index in [0.717, 1.165) is 19.3 Å². The summed E-state index contributed by atoms with van der Waals surface area (Å²) in [7, 11) is -0.0318. The molecule has 21 heavy (non-hydrogen) atoms. The van der Waals surface area contributed by atoms with Gasteiger partial charge in [-0.3, -0.25) is 13.8 Å². The predicted octanol–water partition coefficient (Wildman–Crippen LogP) is 1.63. The van der Waals surface area contributed by atoms with Crippen LogP contribution in [0.4, 0.5) is 0 Å². The monoisotopic (exact) mass is 314 g/mol. The van der Waals surface area contributed by atoms with Crippen LogP contribution in [0.3, 0.4) is 0 Å². The van der Waals surface area contributed by atoms with Crippen LogP contribution in [-0.4, -0.2) is 40.0 Å². The van der Waals surface area contributed by atoms with Crippen LogP contribution in [0, 0.1) is 0 Å². The van der Waals surface area contributed by atoms with E-state index in [1.165, 1.54) is 26.4 Å². The minimum absolute atomic E-state index is 0.164. The summed E-state index contributed by atoms with van der Waals surface area (Å²) in [5.74, 6) is -0.558. The van der Waals surface area contributed by atoms with Crippen molar-refractivity contribution in [2.45, 2.75) is 44.6 Å². The first kappa shape index (κ1) is 17.8. The van der Waals surface area contributed by atoms with Gasteiger partial charge in [0.25, 0.3) is 0 Å². The first-order valence-corrected chi connectivity index (χ1v) is 8.46. The molecule has 2 atom stereocenters. The molecular weight excluding hydrogens is 292 g/mol. The van der Waals surface area contributed by atoms with E-state index in [0.29, 0.717) is 18.4 Å². The Morgan fingerprint density at radius 2 is 2.10 bits per heavy atom. The minimum atomic E-state index is -1.40. The molecule has 1 N–H and O–H groups in total. The maximum absolute atomic E-state index is 12.1. The van der Waals surface area contributed by atoms with Gasteiger partial charge in [0.05, 0.1) is 22.8 Å². The second-order valence-electron chi connectivity index (χ2n) is 5.23. The molecule has 0 saturated carbocycles. The maximum Gasteiger partial charge on any atom is 0.305 e. The molecule has 0 aromatic heterocycles. The second-order valence-corrected chi connectivity index (χ2v) is 6.58. The number of carbonyl (C=O) groups excluding carboxylic acids is 2. The summed E-state index contributed by atoms with van der Waals surface area (Å²) in [4.78, 5) is 23.2. The number of hydrogen-bond donors (Lipinski definition) is 1. The van der Waals surface area contributed by atoms with Gasteiger partial charge < -0.3 is 9.84 Å². The summed E-state index contributed by atoms with van der Waals surface area (Å²) in [6.07, 6.45) is 7.92. The van der Waals surface area contributed by atoms with E-state index < -0.39 is 16.4 Å². The minimum Gasteiger partial charge on any atom is -0.469 e. The van der Waals surface area contributed by atoms with Gasteiger partial charge in [0, 0.05) is 18.2 Å². The van der Waals surface area contributed by atoms with Gasteiger partial charge in [0.2, 0.25) is 5.78 Å². The average molecular weight is 314 g/mol. The van der Waals surface area contributed by atoms with Crippen LogP contribution in [0.15, 0.2) is 22.6 Å². The zero-order valence-corrected chi connectivity index (χ0v) is 13.5. The van der Waals surface area contributed by atoms with E-state index in [4.69, 9.17) is 0 Å². The van der Waals surface area contributed by atoms with Gasteiger partial charge in [-0.2, -0.15) is 0 Å². The molecule has 1 rings (SSSR count). The molecule has 5 nitrogen and oxygen atoms in total. The molecular formula is C15H22O5S. The number of Topliss-reactive ketones (excluding diaryl/α,β-unsaturated/α-hetero) is 1. The highest BCUT2D eigenvalue weighted by Gasteiger charge is 2.39. The number of esters is 1. The molecule has 1 aliphatic rings. The van der Waals surface area contributed by atoms with Crippen LogP contribution in [0.2, 0.25) is 0 Å². The van der Waals surface area contributed by atoms with Crippen molar-refractivity contribution in [2.24, 2.45) is 0 Å². The topological polar surface area (TPSA) is 80.7 Å². The van der Waals surface area contributed by atoms with E-state index in [1.54, 1.807) is 6.08 Å². The largest absolute Gasteiger partial charge is 0.469 e. The number of methoxy groups -OCH3 is 1. The van der Waals surface area contributed by atoms with Crippen LogP contribution in [0.5, 0.6) is 0 Å². The molecule has 2 unspecified atom stereocenters. The van der Waals surface area contributed by atoms with Crippen molar-refractivity contribution in [2.75, 3.05) is 13.4 Å². The molecule has 0 amide bonds. The van der Waals surface area contributed by atoms with Crippen molar-refractivity contribution < 1.29 is 23.6 Å². The smallest absolute Gasteiger partial charge is 0.305 e. The van der Waals surface area contributed by atoms with Crippen molar-refractivity contribution in [1.29, 1.82) is 0 Å². The Hall–Kier alpha value is -1.27. The predicted molar refractivity (Wildman–Crippen MR) is 81.0 cm³/mol. The first-order chi connectivity index (χ1) is 9.79. The third-order valence-corrected chi connectivity index (χ3v) is 4.32. The highest BCUT2D eigenvalue weighted by Crippen LogP contribution is 2.32. The number of ketones is 1.